The second-order valence-electron chi connectivity index (χ2n) is 20.4. The van der Waals surface area contributed by atoms with Gasteiger partial charge in [0.25, 0.3) is 0 Å². The molecule has 2 aliphatic heterocycles. The van der Waals surface area contributed by atoms with E-state index in [4.69, 9.17) is 18.9 Å². The molecule has 0 aromatic rings. The lowest BCUT2D eigenvalue weighted by Gasteiger charge is -2.61. The zero-order valence-electron chi connectivity index (χ0n) is 35.8. The Morgan fingerprint density at radius 1 is 0.793 bits per heavy atom. The number of aliphatic hydroxyl groups excluding tert-OH is 7. The predicted molar refractivity (Wildman–Crippen MR) is 212 cm³/mol. The van der Waals surface area contributed by atoms with Crippen molar-refractivity contribution in [2.45, 2.75) is 193 Å². The number of amides is 1. The number of hydrogen-bond donors (Lipinski definition) is 8. The molecule has 2 heterocycles. The van der Waals surface area contributed by atoms with E-state index in [0.29, 0.717) is 55.4 Å². The number of nitrogens with one attached hydrogen (secondary N) is 1. The second-order valence-corrected chi connectivity index (χ2v) is 20.4. The topological polar surface area (TPSA) is 225 Å². The van der Waals surface area contributed by atoms with Gasteiger partial charge in [-0.25, -0.2) is 0 Å². The first-order chi connectivity index (χ1) is 27.3. The van der Waals surface area contributed by atoms with Gasteiger partial charge in [0.05, 0.1) is 24.9 Å². The van der Waals surface area contributed by atoms with Crippen molar-refractivity contribution in [2.75, 3.05) is 13.2 Å². The highest BCUT2D eigenvalue weighted by Gasteiger charge is 2.63. The molecule has 8 N–H and O–H groups in total. The summed E-state index contributed by atoms with van der Waals surface area (Å²) in [6.45, 7) is 14.4. The first kappa shape index (κ1) is 46.2. The van der Waals surface area contributed by atoms with E-state index in [1.165, 1.54) is 6.92 Å². The fraction of sp³-hybridized carbons (Fsp3) is 0.955. The maximum Gasteiger partial charge on any atom is 0.220 e. The Balaban J connectivity index is 1.03. The summed E-state index contributed by atoms with van der Waals surface area (Å²) >= 11 is 0. The zero-order valence-corrected chi connectivity index (χ0v) is 35.8. The molecule has 0 aromatic carbocycles. The lowest BCUT2D eigenvalue weighted by molar-refractivity contribution is -0.361. The van der Waals surface area contributed by atoms with Crippen molar-refractivity contribution in [1.29, 1.82) is 0 Å². The van der Waals surface area contributed by atoms with Crippen LogP contribution < -0.4 is 5.32 Å². The Morgan fingerprint density at radius 3 is 2.16 bits per heavy atom. The summed E-state index contributed by atoms with van der Waals surface area (Å²) in [6.07, 6.45) is -5.42. The predicted octanol–water partition coefficient (Wildman–Crippen LogP) is 2.44. The second kappa shape index (κ2) is 18.6. The number of rotatable bonds is 14. The van der Waals surface area contributed by atoms with Crippen LogP contribution in [0.25, 0.3) is 0 Å². The van der Waals surface area contributed by atoms with Crippen LogP contribution in [0.3, 0.4) is 0 Å². The van der Waals surface area contributed by atoms with Gasteiger partial charge in [0, 0.05) is 25.3 Å². The van der Waals surface area contributed by atoms with Gasteiger partial charge in [-0.2, -0.15) is 0 Å². The maximum atomic E-state index is 13.7. The van der Waals surface area contributed by atoms with Crippen LogP contribution in [0, 0.1) is 58.2 Å². The minimum absolute atomic E-state index is 0.0532. The largest absolute Gasteiger partial charge is 0.394 e. The van der Waals surface area contributed by atoms with E-state index in [9.17, 15) is 45.3 Å². The SMILES string of the molecule is CC(C)CC(=O)NCC(C)CCC(=O)[C@@H](C)C1[C@H](O)C[C@H]2[C@@H]3CCC4C[C@@H](O[C@@H]5O[C@H](CO)[C@@H](O[C@@H]6O[C@H](C)[C@H](O)[C@@H](O)[C@H]6O)[C@H](O)[C@H]5O)CC[C@]4(C)[C@H]3CC[C@]12C. The molecule has 0 spiro atoms. The van der Waals surface area contributed by atoms with E-state index in [2.05, 4.69) is 26.1 Å². The van der Waals surface area contributed by atoms with Crippen LogP contribution in [0.4, 0.5) is 0 Å². The molecule has 58 heavy (non-hydrogen) atoms. The molecule has 6 rings (SSSR count). The van der Waals surface area contributed by atoms with Gasteiger partial charge in [-0.15, -0.1) is 0 Å². The molecule has 0 aromatic heterocycles. The summed E-state index contributed by atoms with van der Waals surface area (Å²) in [6, 6.07) is 0. The summed E-state index contributed by atoms with van der Waals surface area (Å²) < 4.78 is 23.7. The molecule has 1 amide bonds. The highest BCUT2D eigenvalue weighted by molar-refractivity contribution is 5.81. The van der Waals surface area contributed by atoms with Gasteiger partial charge in [0.2, 0.25) is 5.91 Å². The van der Waals surface area contributed by atoms with E-state index in [-0.39, 0.29) is 46.4 Å². The zero-order chi connectivity index (χ0) is 42.4. The van der Waals surface area contributed by atoms with Crippen molar-refractivity contribution >= 4 is 11.7 Å². The number of carbonyl (C=O) groups is 2. The molecule has 334 valence electrons. The molecule has 0 bridgehead atoms. The average molecular weight is 826 g/mol. The van der Waals surface area contributed by atoms with Gasteiger partial charge in [-0.1, -0.05) is 41.5 Å². The van der Waals surface area contributed by atoms with Gasteiger partial charge >= 0.3 is 0 Å². The van der Waals surface area contributed by atoms with Crippen LogP contribution >= 0.6 is 0 Å². The summed E-state index contributed by atoms with van der Waals surface area (Å²) in [5.41, 5.74) is -0.0419. The van der Waals surface area contributed by atoms with Gasteiger partial charge in [0.15, 0.2) is 12.6 Å². The molecular formula is C44H75NO13. The summed E-state index contributed by atoms with van der Waals surface area (Å²) in [7, 11) is 0. The lowest BCUT2D eigenvalue weighted by atomic mass is 9.44. The number of ketones is 1. The molecule has 0 radical (unpaired) electrons. The Kier molecular flexibility index (Phi) is 14.8. The first-order valence-electron chi connectivity index (χ1n) is 22.4. The van der Waals surface area contributed by atoms with Crippen LogP contribution in [-0.2, 0) is 28.5 Å². The van der Waals surface area contributed by atoms with Gasteiger partial charge in [0.1, 0.15) is 48.5 Å². The Bertz CT molecular complexity index is 1400. The smallest absolute Gasteiger partial charge is 0.220 e. The van der Waals surface area contributed by atoms with Crippen LogP contribution in [0.15, 0.2) is 0 Å². The molecule has 4 saturated carbocycles. The van der Waals surface area contributed by atoms with Gasteiger partial charge in [-0.3, -0.25) is 9.59 Å². The van der Waals surface area contributed by atoms with E-state index < -0.39 is 74.1 Å². The van der Waals surface area contributed by atoms with Crippen molar-refractivity contribution in [3.63, 3.8) is 0 Å². The average Bonchev–Trinajstić information content (AvgIpc) is 3.45. The Labute approximate surface area is 344 Å². The van der Waals surface area contributed by atoms with E-state index >= 15 is 0 Å². The number of hydrogen-bond acceptors (Lipinski definition) is 13. The van der Waals surface area contributed by atoms with E-state index in [0.717, 1.165) is 51.4 Å². The molecule has 6 fully saturated rings. The third-order valence-electron chi connectivity index (χ3n) is 16.1. The molecule has 2 saturated heterocycles. The third-order valence-corrected chi connectivity index (χ3v) is 16.1. The van der Waals surface area contributed by atoms with Crippen molar-refractivity contribution in [3.8, 4) is 0 Å². The highest BCUT2D eigenvalue weighted by Crippen LogP contribution is 2.68. The minimum Gasteiger partial charge on any atom is -0.394 e. The lowest BCUT2D eigenvalue weighted by Crippen LogP contribution is -2.64. The Hall–Kier alpha value is -1.30. The van der Waals surface area contributed by atoms with Crippen molar-refractivity contribution in [1.82, 2.24) is 5.32 Å². The molecular weight excluding hydrogens is 750 g/mol. The normalized spacial score (nSPS) is 47.7. The van der Waals surface area contributed by atoms with Crippen LogP contribution in [0.2, 0.25) is 0 Å². The number of Topliss-reactive ketones (excluding diaryl/α,β-unsaturated/α-hetero) is 1. The maximum absolute atomic E-state index is 13.7. The van der Waals surface area contributed by atoms with Crippen molar-refractivity contribution < 1.29 is 64.3 Å². The van der Waals surface area contributed by atoms with E-state index in [1.807, 2.05) is 20.8 Å². The minimum atomic E-state index is -1.63. The molecule has 3 unspecified atom stereocenters. The number of aliphatic hydroxyl groups is 7. The molecule has 6 aliphatic rings. The standard InChI is InChI=1S/C44H75NO13/c1-21(2)16-33(49)45-19-22(3)8-11-30(47)23(4)34-31(48)18-29-27-10-9-25-17-26(12-14-43(25,6)28(27)13-15-44(29,34)7)56-42-39(54)37(52)40(32(20-46)57-42)58-41-38(53)36(51)35(50)24(5)55-41/h21-29,31-32,34-42,46,48,50-54H,8-20H2,1-7H3,(H,45,49)/t22?,23-,24-,25?,26+,27-,28+,29+,31-,32-,34?,35+,36-,37-,38-,39-,40-,41+,42-,43+,44+/m1/s1. The molecule has 14 heteroatoms. The fourth-order valence-electron chi connectivity index (χ4n) is 12.8. The fourth-order valence-corrected chi connectivity index (χ4v) is 12.8. The first-order valence-corrected chi connectivity index (χ1v) is 22.4. The molecule has 14 nitrogen and oxygen atoms in total. The van der Waals surface area contributed by atoms with Crippen molar-refractivity contribution in [3.05, 3.63) is 0 Å². The monoisotopic (exact) mass is 826 g/mol. The van der Waals surface area contributed by atoms with Gasteiger partial charge in [-0.05, 0) is 117 Å². The van der Waals surface area contributed by atoms with Gasteiger partial charge < -0.3 is 60.0 Å². The molecule has 21 atom stereocenters. The van der Waals surface area contributed by atoms with Crippen LogP contribution in [0.5, 0.6) is 0 Å². The summed E-state index contributed by atoms with van der Waals surface area (Å²) in [5, 5.41) is 77.9. The number of fused-ring (bicyclic) bond motifs is 5. The third kappa shape index (κ3) is 9.09. The molecule has 4 aliphatic carbocycles. The number of ether oxygens (including phenoxy) is 4. The summed E-state index contributed by atoms with van der Waals surface area (Å²) in [4.78, 5) is 25.8. The quantitative estimate of drug-likeness (QED) is 0.118. The Morgan fingerprint density at radius 2 is 1.47 bits per heavy atom. The summed E-state index contributed by atoms with van der Waals surface area (Å²) in [5.74, 6) is 2.14. The van der Waals surface area contributed by atoms with Crippen LogP contribution in [0.1, 0.15) is 119 Å². The highest BCUT2D eigenvalue weighted by atomic mass is 16.7. The van der Waals surface area contributed by atoms with Crippen molar-refractivity contribution in [2.24, 2.45) is 58.2 Å². The number of carbonyl (C=O) groups excluding carboxylic acids is 2. The van der Waals surface area contributed by atoms with Crippen LogP contribution in [-0.4, -0.2) is 134 Å². The van der Waals surface area contributed by atoms with E-state index in [1.54, 1.807) is 0 Å².